The van der Waals surface area contributed by atoms with Crippen LogP contribution in [-0.2, 0) is 51.6 Å². The molecule has 0 bridgehead atoms. The number of likely N-dealkylation sites (tertiary alicyclic amines) is 2. The number of aromatic nitrogens is 12. The Morgan fingerprint density at radius 1 is 0.509 bits per heavy atom. The summed E-state index contributed by atoms with van der Waals surface area (Å²) in [5.74, 6) is -1.27. The third-order valence-electron chi connectivity index (χ3n) is 18.9. The van der Waals surface area contributed by atoms with Crippen LogP contribution in [0.3, 0.4) is 0 Å². The number of hydrogen-bond donors (Lipinski definition) is 5. The number of fused-ring (bicyclic) bond motifs is 4. The Morgan fingerprint density at radius 2 is 0.915 bits per heavy atom. The van der Waals surface area contributed by atoms with Crippen LogP contribution < -0.4 is 15.5 Å². The van der Waals surface area contributed by atoms with E-state index in [1.807, 2.05) is 37.5 Å². The number of halogens is 7. The van der Waals surface area contributed by atoms with Crippen LogP contribution in [0.5, 0.6) is 0 Å². The Labute approximate surface area is 643 Å². The summed E-state index contributed by atoms with van der Waals surface area (Å²) < 4.78 is 35.6. The van der Waals surface area contributed by atoms with Gasteiger partial charge in [0.15, 0.2) is 0 Å². The number of anilines is 1. The Bertz CT molecular complexity index is 4750. The number of nitrogens with zero attached hydrogens (tertiary/aromatic N) is 13. The van der Waals surface area contributed by atoms with Crippen molar-refractivity contribution in [3.63, 3.8) is 0 Å². The van der Waals surface area contributed by atoms with Crippen molar-refractivity contribution in [1.29, 1.82) is 0 Å². The lowest BCUT2D eigenvalue weighted by molar-refractivity contribution is 0.0694. The van der Waals surface area contributed by atoms with Gasteiger partial charge in [-0.1, -0.05) is 110 Å². The van der Waals surface area contributed by atoms with E-state index in [-0.39, 0.29) is 68.4 Å². The molecule has 0 atom stereocenters. The van der Waals surface area contributed by atoms with E-state index in [0.717, 1.165) is 170 Å². The molecule has 106 heavy (non-hydrogen) atoms. The number of aromatic amines is 2. The van der Waals surface area contributed by atoms with Crippen molar-refractivity contribution >= 4 is 104 Å². The number of rotatable bonds is 12. The average molecular weight is 1550 g/mol. The number of amides is 2. The molecule has 7 aromatic heterocycles. The topological polar surface area (TPSA) is 250 Å². The molecule has 0 saturated carbocycles. The minimum absolute atomic E-state index is 0. The lowest BCUT2D eigenvalue weighted by Gasteiger charge is -2.27. The van der Waals surface area contributed by atoms with Crippen molar-refractivity contribution < 1.29 is 28.3 Å². The smallest absolute Gasteiger partial charge is 0.338 e. The number of H-pyrrole nitrogens is 2. The second-order valence-corrected chi connectivity index (χ2v) is 26.7. The lowest BCUT2D eigenvalue weighted by atomic mass is 9.97. The fourth-order valence-electron chi connectivity index (χ4n) is 13.7. The average Bonchev–Trinajstić information content (AvgIpc) is 1.57. The van der Waals surface area contributed by atoms with E-state index >= 15 is 8.78 Å². The van der Waals surface area contributed by atoms with Gasteiger partial charge in [-0.15, -0.1) is 12.4 Å². The Balaban J connectivity index is 0.000000194. The normalized spacial score (nSPS) is 14.1. The highest BCUT2D eigenvalue weighted by Gasteiger charge is 2.33. The van der Waals surface area contributed by atoms with Crippen molar-refractivity contribution in [1.82, 2.24) is 79.9 Å². The van der Waals surface area contributed by atoms with Gasteiger partial charge in [-0.25, -0.2) is 52.8 Å². The fraction of sp³-hybridized carbons (Fsp3) is 0.372. The zero-order valence-electron chi connectivity index (χ0n) is 57.6. The van der Waals surface area contributed by atoms with Crippen molar-refractivity contribution in [3.8, 4) is 33.9 Å². The zero-order valence-corrected chi connectivity index (χ0v) is 61.5. The number of para-hydroxylation sites is 2. The van der Waals surface area contributed by atoms with Crippen LogP contribution in [0.15, 0.2) is 110 Å². The number of hydrogen-bond acceptors (Lipinski definition) is 14. The molecule has 0 unspecified atom stereocenters. The molecule has 28 heteroatoms. The van der Waals surface area contributed by atoms with Crippen LogP contribution in [0.4, 0.5) is 14.7 Å². The Hall–Kier alpha value is -8.94. The van der Waals surface area contributed by atoms with Crippen molar-refractivity contribution in [2.45, 2.75) is 140 Å². The molecular weight excluding hydrogens is 1450 g/mol. The predicted octanol–water partition coefficient (Wildman–Crippen LogP) is 17.0. The maximum atomic E-state index is 16.1. The summed E-state index contributed by atoms with van der Waals surface area (Å²) in [6, 6.07) is 19.2. The Kier molecular flexibility index (Phi) is 29.7. The van der Waals surface area contributed by atoms with Gasteiger partial charge in [-0.05, 0) is 147 Å². The van der Waals surface area contributed by atoms with Gasteiger partial charge in [0.25, 0.3) is 11.8 Å². The molecule has 5 aliphatic heterocycles. The molecule has 0 aliphatic carbocycles. The minimum Gasteiger partial charge on any atom is -0.478 e. The van der Waals surface area contributed by atoms with E-state index in [9.17, 15) is 14.4 Å². The van der Waals surface area contributed by atoms with E-state index < -0.39 is 11.8 Å². The van der Waals surface area contributed by atoms with Crippen molar-refractivity contribution in [3.05, 3.63) is 204 Å². The number of aryl methyl sites for hydroxylation is 4. The summed E-state index contributed by atoms with van der Waals surface area (Å²) in [5, 5.41) is 27.6. The lowest BCUT2D eigenvalue weighted by Crippen LogP contribution is -2.32. The van der Waals surface area contributed by atoms with Gasteiger partial charge in [0.2, 0.25) is 16.5 Å². The molecule has 5 N–H and O–H groups in total. The third kappa shape index (κ3) is 18.0. The molecule has 3 saturated heterocycles. The van der Waals surface area contributed by atoms with Gasteiger partial charge in [0, 0.05) is 148 Å². The second-order valence-electron chi connectivity index (χ2n) is 25.2. The zero-order chi connectivity index (χ0) is 71.6. The summed E-state index contributed by atoms with van der Waals surface area (Å²) in [4.78, 5) is 70.6. The van der Waals surface area contributed by atoms with Crippen LogP contribution in [0.1, 0.15) is 164 Å². The number of nitrogens with one attached hydrogen (secondary N) is 4. The molecule has 5 aliphatic rings. The van der Waals surface area contributed by atoms with E-state index in [4.69, 9.17) is 61.7 Å². The second kappa shape index (κ2) is 38.0. The number of carbonyl (C=O) groups excluding carboxylic acids is 2. The van der Waals surface area contributed by atoms with Crippen LogP contribution in [-0.4, -0.2) is 144 Å². The van der Waals surface area contributed by atoms with Crippen molar-refractivity contribution in [2.24, 2.45) is 0 Å². The largest absolute Gasteiger partial charge is 0.478 e. The van der Waals surface area contributed by atoms with Gasteiger partial charge in [-0.3, -0.25) is 9.59 Å². The highest BCUT2D eigenvalue weighted by Crippen LogP contribution is 2.44. The fourth-order valence-corrected chi connectivity index (χ4v) is 14.4. The number of carboxylic acid groups (broad SMARTS) is 1. The van der Waals surface area contributed by atoms with E-state index in [0.29, 0.717) is 75.2 Å². The standard InChI is InChI=1S/C33H33ClFN7O.C24H24ClFN4.C9H10ClN3O.C5H3ClN2O2.C4H9N.3CH4.ClH/c1-3-20-8-7-9-21(4-2)30(20)42-31(28-23-10-12-36-29(23)25(34)16-26(28)35)24-19-41(15-11-27(24)39-42)33-37-17-22(18-38-33)32(43)40-13-5-6-14-40;1-3-14-6-5-7-15(4-2)23(14)30-24(17-13-27-10-9-20(17)29-30)21-16-8-11-28-22(16)18(25)12-19(21)26;10-9-11-5-7(6-12-9)8(14)13-3-1-2-4-13;6-5-7-1-3(2-8-5)4(9)10;1-2-4-5-3-1;;;;/h7-10,12,16-18,36H,3-6,11,13-15,19H2,1-2H3;5-8,11-12,27-28H,3-4,9-10,13H2,1-2H3;5-6H,1-4H2;1-2H,(H,9,10);5H,1-4H2;3*1H4;1H. The van der Waals surface area contributed by atoms with Gasteiger partial charge < -0.3 is 40.4 Å². The molecule has 3 fully saturated rings. The molecule has 0 radical (unpaired) electrons. The van der Waals surface area contributed by atoms with E-state index in [2.05, 4.69) is 119 Å². The van der Waals surface area contributed by atoms with Crippen molar-refractivity contribution in [2.75, 3.05) is 57.3 Å². The molecule has 12 heterocycles. The molecule has 4 aromatic carbocycles. The first-order chi connectivity index (χ1) is 49.6. The quantitative estimate of drug-likeness (QED) is 0.0714. The number of aromatic carboxylic acids is 1. The minimum atomic E-state index is -1.06. The number of carboxylic acids is 1. The number of carbonyl (C=O) groups is 3. The third-order valence-corrected chi connectivity index (χ3v) is 19.9. The Morgan fingerprint density at radius 3 is 1.32 bits per heavy atom. The predicted molar refractivity (Wildman–Crippen MR) is 422 cm³/mol. The first-order valence-corrected chi connectivity index (χ1v) is 36.2. The molecule has 21 nitrogen and oxygen atoms in total. The summed E-state index contributed by atoms with van der Waals surface area (Å²) >= 11 is 23.6. The van der Waals surface area contributed by atoms with E-state index in [1.165, 1.54) is 61.6 Å². The molecule has 2 amide bonds. The summed E-state index contributed by atoms with van der Waals surface area (Å²) in [6.45, 7) is 16.9. The van der Waals surface area contributed by atoms with Crippen LogP contribution in [0.2, 0.25) is 20.6 Å². The first kappa shape index (κ1) is 82.7. The number of benzene rings is 4. The molecule has 0 spiro atoms. The van der Waals surface area contributed by atoms with Gasteiger partial charge in [0.05, 0.1) is 71.9 Å². The summed E-state index contributed by atoms with van der Waals surface area (Å²) in [5.41, 5.74) is 15.8. The SMILES string of the molecule is C.C.C.C1CCNC1.CCc1cccc(CC)c1-n1nc2c(c1-c1c(F)cc(Cl)c3[nH]ccc13)CN(c1ncc(C(=O)N3CCCC3)cn1)CC2.CCc1cccc(CC)c1-n1nc2c(c1-c1c(F)cc(Cl)c3[nH]ccc13)CNCC2.Cl.O=C(O)c1cnc(Cl)nc1.O=C(c1cnc(Cl)nc1)N1CCCC1. The van der Waals surface area contributed by atoms with Crippen LogP contribution >= 0.6 is 58.8 Å². The highest BCUT2D eigenvalue weighted by atomic mass is 35.5. The van der Waals surface area contributed by atoms with Gasteiger partial charge in [0.1, 0.15) is 11.6 Å². The van der Waals surface area contributed by atoms with Gasteiger partial charge >= 0.3 is 5.97 Å². The van der Waals surface area contributed by atoms with E-state index in [1.54, 1.807) is 18.6 Å². The summed E-state index contributed by atoms with van der Waals surface area (Å²) in [6.07, 6.45) is 24.0. The first-order valence-electron chi connectivity index (χ1n) is 34.7. The molecular formula is C78H92Cl5F2N17O4. The van der Waals surface area contributed by atoms with Gasteiger partial charge in [-0.2, -0.15) is 10.2 Å². The monoisotopic (exact) mass is 1540 g/mol. The summed E-state index contributed by atoms with van der Waals surface area (Å²) in [7, 11) is 0. The maximum Gasteiger partial charge on any atom is 0.338 e. The maximum absolute atomic E-state index is 16.1. The molecule has 11 aromatic rings. The van der Waals surface area contributed by atoms with Crippen LogP contribution in [0.25, 0.3) is 55.7 Å². The molecule has 16 rings (SSSR count). The highest BCUT2D eigenvalue weighted by molar-refractivity contribution is 6.36. The van der Waals surface area contributed by atoms with Crippen LogP contribution in [0, 0.1) is 11.6 Å². The molecule has 562 valence electrons.